The zero-order valence-electron chi connectivity index (χ0n) is 14.7. The van der Waals surface area contributed by atoms with Crippen molar-refractivity contribution in [3.63, 3.8) is 0 Å². The molecule has 0 radical (unpaired) electrons. The Morgan fingerprint density at radius 3 is 2.45 bits per heavy atom. The van der Waals surface area contributed by atoms with E-state index in [0.717, 1.165) is 18.8 Å². The van der Waals surface area contributed by atoms with Crippen molar-refractivity contribution >= 4 is 0 Å². The predicted molar refractivity (Wildman–Crippen MR) is 89.9 cm³/mol. The molecule has 5 nitrogen and oxygen atoms in total. The Hall–Kier alpha value is -1.62. The number of aromatic nitrogens is 4. The molecule has 0 unspecified atom stereocenters. The topological polar surface area (TPSA) is 47.7 Å². The molecular weight excluding hydrogens is 274 g/mol. The zero-order chi connectivity index (χ0) is 16.3. The average Bonchev–Trinajstić information content (AvgIpc) is 3.04. The summed E-state index contributed by atoms with van der Waals surface area (Å²) in [6.45, 7) is 14.8. The Morgan fingerprint density at radius 1 is 1.18 bits per heavy atom. The molecule has 0 spiro atoms. The van der Waals surface area contributed by atoms with Crippen LogP contribution < -0.4 is 5.32 Å². The Balaban J connectivity index is 1.84. The molecule has 0 saturated carbocycles. The van der Waals surface area contributed by atoms with E-state index in [4.69, 9.17) is 0 Å². The highest BCUT2D eigenvalue weighted by Gasteiger charge is 2.12. The molecule has 2 heterocycles. The van der Waals surface area contributed by atoms with Crippen LogP contribution in [-0.4, -0.2) is 26.1 Å². The van der Waals surface area contributed by atoms with E-state index in [1.807, 2.05) is 17.8 Å². The quantitative estimate of drug-likeness (QED) is 0.854. The second-order valence-electron chi connectivity index (χ2n) is 6.69. The molecule has 0 bridgehead atoms. The van der Waals surface area contributed by atoms with Gasteiger partial charge in [0.15, 0.2) is 0 Å². The van der Waals surface area contributed by atoms with Crippen LogP contribution in [-0.2, 0) is 6.54 Å². The minimum Gasteiger partial charge on any atom is -0.310 e. The van der Waals surface area contributed by atoms with Gasteiger partial charge in [-0.3, -0.25) is 9.36 Å². The third-order valence-corrected chi connectivity index (χ3v) is 4.01. The van der Waals surface area contributed by atoms with Gasteiger partial charge in [-0.15, -0.1) is 0 Å². The highest BCUT2D eigenvalue weighted by molar-refractivity contribution is 5.09. The molecule has 0 aliphatic carbocycles. The third-order valence-electron chi connectivity index (χ3n) is 4.01. The lowest BCUT2D eigenvalue weighted by Gasteiger charge is -2.17. The van der Waals surface area contributed by atoms with Crippen LogP contribution in [0.5, 0.6) is 0 Å². The molecular formula is C17H29N5. The first-order chi connectivity index (χ1) is 10.4. The largest absolute Gasteiger partial charge is 0.310 e. The number of hydrogen-bond acceptors (Lipinski definition) is 3. The fourth-order valence-corrected chi connectivity index (χ4v) is 2.57. The number of nitrogens with one attached hydrogen (secondary N) is 1. The van der Waals surface area contributed by atoms with Crippen LogP contribution in [0.25, 0.3) is 0 Å². The lowest BCUT2D eigenvalue weighted by atomic mass is 10.1. The SMILES string of the molecule is Cc1cc(C)n(C[C@H](C)CN[C@@H](C)c2cnn(C(C)C)c2)n1. The van der Waals surface area contributed by atoms with Crippen molar-refractivity contribution in [1.29, 1.82) is 0 Å². The lowest BCUT2D eigenvalue weighted by molar-refractivity contribution is 0.398. The van der Waals surface area contributed by atoms with Crippen LogP contribution in [0.3, 0.4) is 0 Å². The minimum absolute atomic E-state index is 0.315. The predicted octanol–water partition coefficient (Wildman–Crippen LogP) is 3.26. The smallest absolute Gasteiger partial charge is 0.0596 e. The molecule has 0 fully saturated rings. The van der Waals surface area contributed by atoms with Crippen LogP contribution in [0.1, 0.15) is 56.7 Å². The Bertz CT molecular complexity index is 596. The molecule has 0 saturated heterocycles. The number of hydrogen-bond donors (Lipinski definition) is 1. The van der Waals surface area contributed by atoms with Gasteiger partial charge in [0.2, 0.25) is 0 Å². The van der Waals surface area contributed by atoms with Crippen LogP contribution in [0.15, 0.2) is 18.5 Å². The van der Waals surface area contributed by atoms with Crippen molar-refractivity contribution in [2.75, 3.05) is 6.54 Å². The maximum Gasteiger partial charge on any atom is 0.0596 e. The van der Waals surface area contributed by atoms with Crippen LogP contribution in [0, 0.1) is 19.8 Å². The molecule has 0 amide bonds. The molecule has 0 aliphatic heterocycles. The summed E-state index contributed by atoms with van der Waals surface area (Å²) in [6, 6.07) is 2.85. The van der Waals surface area contributed by atoms with E-state index >= 15 is 0 Å². The molecule has 2 aromatic rings. The summed E-state index contributed by atoms with van der Waals surface area (Å²) >= 11 is 0. The van der Waals surface area contributed by atoms with Crippen molar-refractivity contribution in [2.24, 2.45) is 5.92 Å². The maximum atomic E-state index is 4.53. The monoisotopic (exact) mass is 303 g/mol. The van der Waals surface area contributed by atoms with E-state index in [2.05, 4.69) is 67.1 Å². The first kappa shape index (κ1) is 16.7. The van der Waals surface area contributed by atoms with Gasteiger partial charge in [-0.05, 0) is 46.6 Å². The van der Waals surface area contributed by atoms with Gasteiger partial charge < -0.3 is 5.32 Å². The molecule has 5 heteroatoms. The van der Waals surface area contributed by atoms with Crippen LogP contribution >= 0.6 is 0 Å². The Morgan fingerprint density at radius 2 is 1.91 bits per heavy atom. The normalized spacial score (nSPS) is 14.5. The number of aryl methyl sites for hydroxylation is 2. The second kappa shape index (κ2) is 7.09. The van der Waals surface area contributed by atoms with Gasteiger partial charge in [-0.2, -0.15) is 10.2 Å². The summed E-state index contributed by atoms with van der Waals surface area (Å²) < 4.78 is 4.11. The van der Waals surface area contributed by atoms with Crippen LogP contribution in [0.2, 0.25) is 0 Å². The van der Waals surface area contributed by atoms with E-state index in [1.54, 1.807) is 0 Å². The minimum atomic E-state index is 0.315. The van der Waals surface area contributed by atoms with Crippen molar-refractivity contribution in [2.45, 2.75) is 60.2 Å². The van der Waals surface area contributed by atoms with Crippen LogP contribution in [0.4, 0.5) is 0 Å². The van der Waals surface area contributed by atoms with Gasteiger partial charge >= 0.3 is 0 Å². The standard InChI is InChI=1S/C17H29N5/c1-12(2)21-11-17(9-19-21)16(6)18-8-13(3)10-22-15(5)7-14(4)20-22/h7,9,11-13,16,18H,8,10H2,1-6H3/t13-,16+/m1/s1. The first-order valence-electron chi connectivity index (χ1n) is 8.15. The molecule has 2 rings (SSSR count). The summed E-state index contributed by atoms with van der Waals surface area (Å²) in [5.41, 5.74) is 3.56. The molecule has 2 aromatic heterocycles. The van der Waals surface area contributed by atoms with Crippen molar-refractivity contribution < 1.29 is 0 Å². The highest BCUT2D eigenvalue weighted by Crippen LogP contribution is 2.14. The third kappa shape index (κ3) is 4.19. The fraction of sp³-hybridized carbons (Fsp3) is 0.647. The number of nitrogens with zero attached hydrogens (tertiary/aromatic N) is 4. The molecule has 0 aliphatic rings. The molecule has 122 valence electrons. The van der Waals surface area contributed by atoms with Gasteiger partial charge in [0.25, 0.3) is 0 Å². The fourth-order valence-electron chi connectivity index (χ4n) is 2.57. The zero-order valence-corrected chi connectivity index (χ0v) is 14.7. The second-order valence-corrected chi connectivity index (χ2v) is 6.69. The van der Waals surface area contributed by atoms with Crippen molar-refractivity contribution in [1.82, 2.24) is 24.9 Å². The van der Waals surface area contributed by atoms with Gasteiger partial charge in [0.05, 0.1) is 11.9 Å². The molecule has 2 atom stereocenters. The first-order valence-corrected chi connectivity index (χ1v) is 8.15. The highest BCUT2D eigenvalue weighted by atomic mass is 15.3. The lowest BCUT2D eigenvalue weighted by Crippen LogP contribution is -2.27. The van der Waals surface area contributed by atoms with Crippen molar-refractivity contribution in [3.8, 4) is 0 Å². The van der Waals surface area contributed by atoms with Gasteiger partial charge in [0.1, 0.15) is 0 Å². The maximum absolute atomic E-state index is 4.53. The van der Waals surface area contributed by atoms with E-state index in [0.29, 0.717) is 18.0 Å². The van der Waals surface area contributed by atoms with Crippen molar-refractivity contribution in [3.05, 3.63) is 35.4 Å². The Kier molecular flexibility index (Phi) is 5.40. The van der Waals surface area contributed by atoms with E-state index in [1.165, 1.54) is 11.3 Å². The summed E-state index contributed by atoms with van der Waals surface area (Å²) in [6.07, 6.45) is 4.09. The Labute approximate surface area is 133 Å². The molecule has 0 aromatic carbocycles. The molecule has 1 N–H and O–H groups in total. The average molecular weight is 303 g/mol. The summed E-state index contributed by atoms with van der Waals surface area (Å²) in [4.78, 5) is 0. The van der Waals surface area contributed by atoms with Gasteiger partial charge in [-0.25, -0.2) is 0 Å². The van der Waals surface area contributed by atoms with E-state index in [9.17, 15) is 0 Å². The number of rotatable bonds is 7. The van der Waals surface area contributed by atoms with Gasteiger partial charge in [0, 0.05) is 42.6 Å². The van der Waals surface area contributed by atoms with E-state index in [-0.39, 0.29) is 0 Å². The summed E-state index contributed by atoms with van der Waals surface area (Å²) in [7, 11) is 0. The summed E-state index contributed by atoms with van der Waals surface area (Å²) in [5, 5.41) is 12.5. The molecule has 22 heavy (non-hydrogen) atoms. The van der Waals surface area contributed by atoms with E-state index < -0.39 is 0 Å². The summed E-state index contributed by atoms with van der Waals surface area (Å²) in [5.74, 6) is 0.528. The van der Waals surface area contributed by atoms with Gasteiger partial charge in [-0.1, -0.05) is 6.92 Å².